The van der Waals surface area contributed by atoms with Crippen LogP contribution in [-0.2, 0) is 16.1 Å². The predicted molar refractivity (Wildman–Crippen MR) is 84.2 cm³/mol. The van der Waals surface area contributed by atoms with Crippen LogP contribution in [0.2, 0.25) is 0 Å². The fourth-order valence-corrected chi connectivity index (χ4v) is 2.82. The van der Waals surface area contributed by atoms with Crippen LogP contribution in [0.15, 0.2) is 18.2 Å². The van der Waals surface area contributed by atoms with E-state index in [9.17, 15) is 4.79 Å². The zero-order valence-electron chi connectivity index (χ0n) is 13.6. The Morgan fingerprint density at radius 2 is 1.86 bits per heavy atom. The Balaban J connectivity index is 1.89. The van der Waals surface area contributed by atoms with Gasteiger partial charge in [0, 0.05) is 6.54 Å². The molecule has 1 aliphatic heterocycles. The van der Waals surface area contributed by atoms with Gasteiger partial charge in [0.1, 0.15) is 0 Å². The number of hydrogen-bond acceptors (Lipinski definition) is 5. The largest absolute Gasteiger partial charge is 0.493 e. The highest BCUT2D eigenvalue weighted by molar-refractivity contribution is 5.72. The molecule has 0 amide bonds. The average Bonchev–Trinajstić information content (AvgIpc) is 2.55. The molecular weight excluding hydrogens is 282 g/mol. The van der Waals surface area contributed by atoms with Gasteiger partial charge in [0.2, 0.25) is 0 Å². The number of rotatable bonds is 6. The van der Waals surface area contributed by atoms with Crippen molar-refractivity contribution < 1.29 is 19.0 Å². The Labute approximate surface area is 132 Å². The Bertz CT molecular complexity index is 495. The number of hydrogen-bond donors (Lipinski definition) is 0. The number of ether oxygens (including phenoxy) is 3. The monoisotopic (exact) mass is 307 g/mol. The van der Waals surface area contributed by atoms with Crippen molar-refractivity contribution in [1.82, 2.24) is 4.90 Å². The SMILES string of the molecule is CCOC(=O)C1CCN(Cc2ccc(OC)c(OC)c2)CC1. The van der Waals surface area contributed by atoms with Crippen molar-refractivity contribution in [2.24, 2.45) is 5.92 Å². The quantitative estimate of drug-likeness (QED) is 0.756. The fourth-order valence-electron chi connectivity index (χ4n) is 2.82. The average molecular weight is 307 g/mol. The van der Waals surface area contributed by atoms with Crippen molar-refractivity contribution in [3.8, 4) is 11.5 Å². The van der Waals surface area contributed by atoms with Gasteiger partial charge in [0.25, 0.3) is 0 Å². The second-order valence-corrected chi connectivity index (χ2v) is 5.49. The Kier molecular flexibility index (Phi) is 6.07. The van der Waals surface area contributed by atoms with Crippen molar-refractivity contribution in [2.45, 2.75) is 26.3 Å². The smallest absolute Gasteiger partial charge is 0.309 e. The van der Waals surface area contributed by atoms with Crippen LogP contribution in [0.5, 0.6) is 11.5 Å². The van der Waals surface area contributed by atoms with E-state index in [0.29, 0.717) is 6.61 Å². The molecule has 5 nitrogen and oxygen atoms in total. The zero-order valence-corrected chi connectivity index (χ0v) is 13.6. The van der Waals surface area contributed by atoms with E-state index in [-0.39, 0.29) is 11.9 Å². The molecule has 0 saturated carbocycles. The number of likely N-dealkylation sites (tertiary alicyclic amines) is 1. The van der Waals surface area contributed by atoms with E-state index >= 15 is 0 Å². The molecule has 1 saturated heterocycles. The molecule has 0 unspecified atom stereocenters. The lowest BCUT2D eigenvalue weighted by atomic mass is 9.96. The third-order valence-electron chi connectivity index (χ3n) is 4.06. The summed E-state index contributed by atoms with van der Waals surface area (Å²) in [4.78, 5) is 14.1. The number of methoxy groups -OCH3 is 2. The van der Waals surface area contributed by atoms with Crippen LogP contribution < -0.4 is 9.47 Å². The van der Waals surface area contributed by atoms with Gasteiger partial charge in [0.15, 0.2) is 11.5 Å². The van der Waals surface area contributed by atoms with Crippen molar-refractivity contribution in [3.63, 3.8) is 0 Å². The summed E-state index contributed by atoms with van der Waals surface area (Å²) in [5.74, 6) is 1.50. The molecule has 0 spiro atoms. The summed E-state index contributed by atoms with van der Waals surface area (Å²) < 4.78 is 15.7. The molecule has 0 aliphatic carbocycles. The lowest BCUT2D eigenvalue weighted by Gasteiger charge is -2.30. The first-order chi connectivity index (χ1) is 10.7. The molecule has 122 valence electrons. The topological polar surface area (TPSA) is 48.0 Å². The highest BCUT2D eigenvalue weighted by Gasteiger charge is 2.25. The summed E-state index contributed by atoms with van der Waals surface area (Å²) in [7, 11) is 3.28. The van der Waals surface area contributed by atoms with Gasteiger partial charge in [-0.1, -0.05) is 6.07 Å². The van der Waals surface area contributed by atoms with Gasteiger partial charge in [-0.2, -0.15) is 0 Å². The van der Waals surface area contributed by atoms with E-state index in [4.69, 9.17) is 14.2 Å². The molecule has 1 fully saturated rings. The summed E-state index contributed by atoms with van der Waals surface area (Å²) >= 11 is 0. The summed E-state index contributed by atoms with van der Waals surface area (Å²) in [6, 6.07) is 5.99. The summed E-state index contributed by atoms with van der Waals surface area (Å²) in [5, 5.41) is 0. The molecule has 1 aromatic carbocycles. The molecule has 1 heterocycles. The van der Waals surface area contributed by atoms with Gasteiger partial charge < -0.3 is 14.2 Å². The van der Waals surface area contributed by atoms with Crippen LogP contribution in [0.1, 0.15) is 25.3 Å². The van der Waals surface area contributed by atoms with Gasteiger partial charge in [-0.15, -0.1) is 0 Å². The first-order valence-corrected chi connectivity index (χ1v) is 7.77. The molecular formula is C17H25NO4. The Morgan fingerprint density at radius 3 is 2.45 bits per heavy atom. The van der Waals surface area contributed by atoms with E-state index in [1.54, 1.807) is 14.2 Å². The van der Waals surface area contributed by atoms with Gasteiger partial charge in [0.05, 0.1) is 26.7 Å². The first-order valence-electron chi connectivity index (χ1n) is 7.77. The molecule has 1 aromatic rings. The van der Waals surface area contributed by atoms with Crippen LogP contribution >= 0.6 is 0 Å². The first kappa shape index (κ1) is 16.6. The molecule has 0 atom stereocenters. The second kappa shape index (κ2) is 8.03. The highest BCUT2D eigenvalue weighted by atomic mass is 16.5. The summed E-state index contributed by atoms with van der Waals surface area (Å²) in [6.07, 6.45) is 1.73. The third-order valence-corrected chi connectivity index (χ3v) is 4.06. The maximum atomic E-state index is 11.7. The van der Waals surface area contributed by atoms with E-state index in [1.807, 2.05) is 19.1 Å². The molecule has 0 radical (unpaired) electrons. The molecule has 5 heteroatoms. The fraction of sp³-hybridized carbons (Fsp3) is 0.588. The molecule has 2 rings (SSSR count). The molecule has 0 N–H and O–H groups in total. The number of piperidine rings is 1. The van der Waals surface area contributed by atoms with Crippen LogP contribution in [0.3, 0.4) is 0 Å². The molecule has 22 heavy (non-hydrogen) atoms. The number of esters is 1. The zero-order chi connectivity index (χ0) is 15.9. The van der Waals surface area contributed by atoms with Crippen molar-refractivity contribution in [2.75, 3.05) is 33.9 Å². The third kappa shape index (κ3) is 4.13. The van der Waals surface area contributed by atoms with Gasteiger partial charge in [-0.25, -0.2) is 0 Å². The maximum absolute atomic E-state index is 11.7. The minimum absolute atomic E-state index is 0.0479. The van der Waals surface area contributed by atoms with Gasteiger partial charge >= 0.3 is 5.97 Å². The van der Waals surface area contributed by atoms with Gasteiger partial charge in [-0.05, 0) is 50.6 Å². The second-order valence-electron chi connectivity index (χ2n) is 5.49. The maximum Gasteiger partial charge on any atom is 0.309 e. The van der Waals surface area contributed by atoms with Crippen molar-refractivity contribution in [1.29, 1.82) is 0 Å². The van der Waals surface area contributed by atoms with E-state index < -0.39 is 0 Å². The number of benzene rings is 1. The highest BCUT2D eigenvalue weighted by Crippen LogP contribution is 2.28. The molecule has 0 aromatic heterocycles. The van der Waals surface area contributed by atoms with Crippen molar-refractivity contribution in [3.05, 3.63) is 23.8 Å². The van der Waals surface area contributed by atoms with Crippen molar-refractivity contribution >= 4 is 5.97 Å². The van der Waals surface area contributed by atoms with Crippen LogP contribution in [0.25, 0.3) is 0 Å². The Hall–Kier alpha value is -1.75. The summed E-state index contributed by atoms with van der Waals surface area (Å²) in [6.45, 7) is 5.00. The van der Waals surface area contributed by atoms with Crippen LogP contribution in [-0.4, -0.2) is 44.8 Å². The normalized spacial score (nSPS) is 16.3. The van der Waals surface area contributed by atoms with Crippen LogP contribution in [0, 0.1) is 5.92 Å². The number of nitrogens with zero attached hydrogens (tertiary/aromatic N) is 1. The van der Waals surface area contributed by atoms with Crippen LogP contribution in [0.4, 0.5) is 0 Å². The molecule has 1 aliphatic rings. The minimum atomic E-state index is -0.0479. The Morgan fingerprint density at radius 1 is 1.18 bits per heavy atom. The summed E-state index contributed by atoms with van der Waals surface area (Å²) in [5.41, 5.74) is 1.19. The lowest BCUT2D eigenvalue weighted by Crippen LogP contribution is -2.36. The van der Waals surface area contributed by atoms with Gasteiger partial charge in [-0.3, -0.25) is 9.69 Å². The van der Waals surface area contributed by atoms with E-state index in [0.717, 1.165) is 44.0 Å². The van der Waals surface area contributed by atoms with E-state index in [2.05, 4.69) is 11.0 Å². The number of carbonyl (C=O) groups excluding carboxylic acids is 1. The standard InChI is InChI=1S/C17H25NO4/c1-4-22-17(19)14-7-9-18(10-8-14)12-13-5-6-15(20-2)16(11-13)21-3/h5-6,11,14H,4,7-10,12H2,1-3H3. The van der Waals surface area contributed by atoms with E-state index in [1.165, 1.54) is 5.56 Å². The minimum Gasteiger partial charge on any atom is -0.493 e. The number of carbonyl (C=O) groups is 1. The predicted octanol–water partition coefficient (Wildman–Crippen LogP) is 2.48. The lowest BCUT2D eigenvalue weighted by molar-refractivity contribution is -0.149. The molecule has 0 bridgehead atoms.